The highest BCUT2D eigenvalue weighted by Gasteiger charge is 2.07. The SMILES string of the molecule is CCCCCOc1ccc(/C=N/N=c2\sc3cc(C)ccc3n2Cc2ccccc2)cc1. The van der Waals surface area contributed by atoms with Gasteiger partial charge in [-0.15, -0.1) is 5.10 Å². The molecule has 0 atom stereocenters. The molecule has 32 heavy (non-hydrogen) atoms. The lowest BCUT2D eigenvalue weighted by molar-refractivity contribution is 0.306. The molecule has 0 saturated carbocycles. The van der Waals surface area contributed by atoms with Gasteiger partial charge in [-0.1, -0.05) is 67.5 Å². The van der Waals surface area contributed by atoms with E-state index in [-0.39, 0.29) is 0 Å². The van der Waals surface area contributed by atoms with E-state index in [4.69, 9.17) is 4.74 Å². The molecule has 4 aromatic rings. The highest BCUT2D eigenvalue weighted by Crippen LogP contribution is 2.20. The van der Waals surface area contributed by atoms with Crippen LogP contribution in [0.3, 0.4) is 0 Å². The molecule has 0 N–H and O–H groups in total. The summed E-state index contributed by atoms with van der Waals surface area (Å²) in [7, 11) is 0. The normalized spacial score (nSPS) is 12.1. The van der Waals surface area contributed by atoms with Gasteiger partial charge in [-0.2, -0.15) is 5.10 Å². The minimum absolute atomic E-state index is 0.766. The first kappa shape index (κ1) is 22.0. The van der Waals surface area contributed by atoms with E-state index in [1.165, 1.54) is 34.2 Å². The van der Waals surface area contributed by atoms with Gasteiger partial charge in [0.1, 0.15) is 5.75 Å². The van der Waals surface area contributed by atoms with E-state index in [0.717, 1.165) is 35.7 Å². The van der Waals surface area contributed by atoms with Crippen LogP contribution in [0.1, 0.15) is 42.9 Å². The molecule has 1 aromatic heterocycles. The number of nitrogens with zero attached hydrogens (tertiary/aromatic N) is 3. The van der Waals surface area contributed by atoms with Gasteiger partial charge in [0, 0.05) is 0 Å². The van der Waals surface area contributed by atoms with Crippen molar-refractivity contribution in [2.75, 3.05) is 6.61 Å². The number of hydrogen-bond donors (Lipinski definition) is 0. The van der Waals surface area contributed by atoms with Crippen molar-refractivity contribution in [2.45, 2.75) is 39.7 Å². The summed E-state index contributed by atoms with van der Waals surface area (Å²) in [5, 5.41) is 8.97. The Morgan fingerprint density at radius 2 is 1.78 bits per heavy atom. The highest BCUT2D eigenvalue weighted by molar-refractivity contribution is 7.16. The van der Waals surface area contributed by atoms with Crippen molar-refractivity contribution >= 4 is 27.8 Å². The van der Waals surface area contributed by atoms with Gasteiger partial charge in [0.15, 0.2) is 0 Å². The van der Waals surface area contributed by atoms with Crippen molar-refractivity contribution < 1.29 is 4.74 Å². The Morgan fingerprint density at radius 3 is 2.56 bits per heavy atom. The van der Waals surface area contributed by atoms with E-state index in [2.05, 4.69) is 71.1 Å². The van der Waals surface area contributed by atoms with E-state index in [0.29, 0.717) is 0 Å². The third-order valence-electron chi connectivity index (χ3n) is 5.27. The van der Waals surface area contributed by atoms with Crippen LogP contribution >= 0.6 is 11.3 Å². The Labute approximate surface area is 193 Å². The molecular formula is C27H29N3OS. The number of fused-ring (bicyclic) bond motifs is 1. The second-order valence-electron chi connectivity index (χ2n) is 7.90. The first-order valence-corrected chi connectivity index (χ1v) is 12.0. The van der Waals surface area contributed by atoms with Gasteiger partial charge >= 0.3 is 0 Å². The number of unbranched alkanes of at least 4 members (excludes halogenated alkanes) is 2. The fourth-order valence-corrected chi connectivity index (χ4v) is 4.60. The number of ether oxygens (including phenoxy) is 1. The number of aromatic nitrogens is 1. The van der Waals surface area contributed by atoms with Crippen LogP contribution in [-0.2, 0) is 6.54 Å². The van der Waals surface area contributed by atoms with Gasteiger partial charge in [-0.05, 0) is 66.4 Å². The van der Waals surface area contributed by atoms with Crippen LogP contribution in [-0.4, -0.2) is 17.4 Å². The molecule has 0 unspecified atom stereocenters. The monoisotopic (exact) mass is 443 g/mol. The van der Waals surface area contributed by atoms with Crippen LogP contribution in [0.5, 0.6) is 5.75 Å². The fourth-order valence-electron chi connectivity index (χ4n) is 3.51. The van der Waals surface area contributed by atoms with Crippen LogP contribution in [0.4, 0.5) is 0 Å². The van der Waals surface area contributed by atoms with E-state index in [9.17, 15) is 0 Å². The van der Waals surface area contributed by atoms with Gasteiger partial charge in [0.05, 0.1) is 29.6 Å². The molecule has 0 radical (unpaired) electrons. The fraction of sp³-hybridized carbons (Fsp3) is 0.259. The van der Waals surface area contributed by atoms with Crippen molar-refractivity contribution in [1.82, 2.24) is 4.57 Å². The van der Waals surface area contributed by atoms with Crippen LogP contribution in [0.15, 0.2) is 83.0 Å². The lowest BCUT2D eigenvalue weighted by atomic mass is 10.2. The second kappa shape index (κ2) is 10.9. The summed E-state index contributed by atoms with van der Waals surface area (Å²) in [6.07, 6.45) is 5.29. The Hall–Kier alpha value is -3.18. The van der Waals surface area contributed by atoms with Crippen LogP contribution in [0.25, 0.3) is 10.2 Å². The van der Waals surface area contributed by atoms with Gasteiger partial charge in [0.25, 0.3) is 0 Å². The molecule has 0 bridgehead atoms. The van der Waals surface area contributed by atoms with E-state index in [1.807, 2.05) is 30.3 Å². The van der Waals surface area contributed by atoms with Crippen LogP contribution < -0.4 is 9.54 Å². The van der Waals surface area contributed by atoms with Crippen molar-refractivity contribution in [3.8, 4) is 5.75 Å². The molecule has 5 heteroatoms. The number of rotatable bonds is 9. The number of hydrogen-bond acceptors (Lipinski definition) is 4. The third kappa shape index (κ3) is 5.74. The Bertz CT molecular complexity index is 1240. The molecule has 0 aliphatic heterocycles. The molecule has 0 aliphatic carbocycles. The van der Waals surface area contributed by atoms with Crippen molar-refractivity contribution in [2.24, 2.45) is 10.2 Å². The van der Waals surface area contributed by atoms with Gasteiger partial charge < -0.3 is 9.30 Å². The topological polar surface area (TPSA) is 38.9 Å². The lowest BCUT2D eigenvalue weighted by Crippen LogP contribution is -2.15. The van der Waals surface area contributed by atoms with Crippen molar-refractivity contribution in [3.63, 3.8) is 0 Å². The maximum absolute atomic E-state index is 5.78. The summed E-state index contributed by atoms with van der Waals surface area (Å²) in [5.74, 6) is 0.899. The van der Waals surface area contributed by atoms with Crippen molar-refractivity contribution in [3.05, 3.63) is 94.3 Å². The first-order valence-electron chi connectivity index (χ1n) is 11.2. The number of benzene rings is 3. The first-order chi connectivity index (χ1) is 15.7. The van der Waals surface area contributed by atoms with Crippen LogP contribution in [0.2, 0.25) is 0 Å². The predicted octanol–water partition coefficient (Wildman–Crippen LogP) is 6.56. The Kier molecular flexibility index (Phi) is 7.51. The smallest absolute Gasteiger partial charge is 0.211 e. The molecule has 0 saturated heterocycles. The molecular weight excluding hydrogens is 414 g/mol. The quantitative estimate of drug-likeness (QED) is 0.164. The highest BCUT2D eigenvalue weighted by atomic mass is 32.1. The summed E-state index contributed by atoms with van der Waals surface area (Å²) >= 11 is 1.67. The zero-order chi connectivity index (χ0) is 22.2. The zero-order valence-corrected chi connectivity index (χ0v) is 19.5. The molecule has 0 aliphatic rings. The second-order valence-corrected chi connectivity index (χ2v) is 8.91. The standard InChI is InChI=1S/C27H29N3OS/c1-3-4-8-17-31-24-14-12-22(13-15-24)19-28-29-27-30(20-23-9-6-5-7-10-23)25-16-11-21(2)18-26(25)32-27/h5-7,9-16,18-19H,3-4,8,17,20H2,1-2H3/b28-19+,29-27-. The van der Waals surface area contributed by atoms with Gasteiger partial charge in [-0.3, -0.25) is 0 Å². The summed E-state index contributed by atoms with van der Waals surface area (Å²) in [5.41, 5.74) is 4.68. The van der Waals surface area contributed by atoms with E-state index >= 15 is 0 Å². The summed E-state index contributed by atoms with van der Waals surface area (Å²) in [4.78, 5) is 0.890. The van der Waals surface area contributed by atoms with Gasteiger partial charge in [0.2, 0.25) is 4.80 Å². The van der Waals surface area contributed by atoms with Crippen LogP contribution in [0, 0.1) is 6.92 Å². The molecule has 0 spiro atoms. The zero-order valence-electron chi connectivity index (χ0n) is 18.7. The van der Waals surface area contributed by atoms with E-state index in [1.54, 1.807) is 17.6 Å². The van der Waals surface area contributed by atoms with E-state index < -0.39 is 0 Å². The molecule has 0 fully saturated rings. The van der Waals surface area contributed by atoms with Gasteiger partial charge in [-0.25, -0.2) is 0 Å². The Balaban J connectivity index is 1.55. The minimum atomic E-state index is 0.766. The average molecular weight is 444 g/mol. The molecule has 3 aromatic carbocycles. The number of thiazole rings is 1. The van der Waals surface area contributed by atoms with Crippen molar-refractivity contribution in [1.29, 1.82) is 0 Å². The molecule has 1 heterocycles. The largest absolute Gasteiger partial charge is 0.494 e. The molecule has 164 valence electrons. The maximum Gasteiger partial charge on any atom is 0.211 e. The molecule has 4 rings (SSSR count). The average Bonchev–Trinajstić information content (AvgIpc) is 3.14. The summed E-state index contributed by atoms with van der Waals surface area (Å²) < 4.78 is 9.24. The lowest BCUT2D eigenvalue weighted by Gasteiger charge is -2.05. The molecule has 0 amide bonds. The minimum Gasteiger partial charge on any atom is -0.494 e. The number of aryl methyl sites for hydroxylation is 1. The Morgan fingerprint density at radius 1 is 0.969 bits per heavy atom. The summed E-state index contributed by atoms with van der Waals surface area (Å²) in [6, 6.07) is 25.0. The maximum atomic E-state index is 5.78. The molecule has 4 nitrogen and oxygen atoms in total. The third-order valence-corrected chi connectivity index (χ3v) is 6.30. The summed E-state index contributed by atoms with van der Waals surface area (Å²) in [6.45, 7) is 5.85. The predicted molar refractivity (Wildman–Crippen MR) is 135 cm³/mol.